The van der Waals surface area contributed by atoms with E-state index in [9.17, 15) is 9.90 Å². The average molecular weight is 272 g/mol. The molecular weight excluding hydrogens is 263 g/mol. The predicted octanol–water partition coefficient (Wildman–Crippen LogP) is 0.0546. The van der Waals surface area contributed by atoms with Crippen molar-refractivity contribution in [3.63, 3.8) is 0 Å². The molecule has 0 aromatic rings. The number of amides is 1. The Bertz CT molecular complexity index is 292. The number of nitrogens with one attached hydrogen (secondary N) is 1. The summed E-state index contributed by atoms with van der Waals surface area (Å²) < 4.78 is 3.08. The van der Waals surface area contributed by atoms with Gasteiger partial charge in [-0.1, -0.05) is 40.3 Å². The zero-order chi connectivity index (χ0) is 11.6. The molecule has 1 heterocycles. The summed E-state index contributed by atoms with van der Waals surface area (Å²) in [5.41, 5.74) is 0.943. The molecule has 0 spiro atoms. The van der Waals surface area contributed by atoms with Crippen LogP contribution < -0.4 is 5.32 Å². The van der Waals surface area contributed by atoms with Gasteiger partial charge in [-0.3, -0.25) is 4.79 Å². The van der Waals surface area contributed by atoms with Gasteiger partial charge >= 0.3 is 0 Å². The molecule has 0 aliphatic carbocycles. The summed E-state index contributed by atoms with van der Waals surface area (Å²) >= 11 is 16.1. The van der Waals surface area contributed by atoms with Gasteiger partial charge in [0.05, 0.1) is 6.26 Å². The first kappa shape index (κ1) is 13.0. The maximum Gasteiger partial charge on any atom is 0.263 e. The van der Waals surface area contributed by atoms with Crippen LogP contribution in [-0.4, -0.2) is 35.0 Å². The van der Waals surface area contributed by atoms with Crippen molar-refractivity contribution in [2.24, 2.45) is 0 Å². The molecule has 0 fully saturated rings. The van der Waals surface area contributed by atoms with Crippen LogP contribution in [0.25, 0.3) is 0 Å². The fourth-order valence-electron chi connectivity index (χ4n) is 1.05. The third-order valence-electron chi connectivity index (χ3n) is 1.82. The van der Waals surface area contributed by atoms with Crippen molar-refractivity contribution in [3.05, 3.63) is 11.7 Å². The van der Waals surface area contributed by atoms with E-state index >= 15 is 0 Å². The van der Waals surface area contributed by atoms with Gasteiger partial charge in [0.25, 0.3) is 5.91 Å². The minimum Gasteiger partial charge on any atom is -0.489 e. The van der Waals surface area contributed by atoms with E-state index in [2.05, 4.69) is 5.32 Å². The number of rotatable bonds is 2. The third kappa shape index (κ3) is 3.76. The van der Waals surface area contributed by atoms with E-state index in [0.717, 1.165) is 5.47 Å². The van der Waals surface area contributed by atoms with Crippen LogP contribution in [-0.2, 0) is 9.53 Å². The van der Waals surface area contributed by atoms with E-state index in [0.29, 0.717) is 6.42 Å². The summed E-state index contributed by atoms with van der Waals surface area (Å²) in [7, 11) is 1.83. The third-order valence-corrected chi connectivity index (χ3v) is 2.44. The molecular formula is C7H9BCl3NO3. The van der Waals surface area contributed by atoms with Crippen molar-refractivity contribution < 1.29 is 14.6 Å². The van der Waals surface area contributed by atoms with Crippen LogP contribution in [0.5, 0.6) is 0 Å². The fraction of sp³-hybridized carbons (Fsp3) is 0.571. The van der Waals surface area contributed by atoms with Gasteiger partial charge < -0.3 is 15.2 Å². The molecule has 1 amide bonds. The van der Waals surface area contributed by atoms with Gasteiger partial charge in [-0.15, -0.1) is 0 Å². The van der Waals surface area contributed by atoms with Crippen LogP contribution in [0.4, 0.5) is 0 Å². The van der Waals surface area contributed by atoms with E-state index in [1.54, 1.807) is 0 Å². The standard InChI is InChI=1S/C7H9BCl3NO3/c8-3-1-4(15-2-3)5(13)12-6(14)7(9,10)11/h2,4,6,14H,1,8H2,(H,12,13). The van der Waals surface area contributed by atoms with Crippen molar-refractivity contribution in [3.8, 4) is 0 Å². The molecule has 1 rings (SSSR count). The smallest absolute Gasteiger partial charge is 0.263 e. The molecule has 0 aromatic carbocycles. The first-order valence-corrected chi connectivity index (χ1v) is 5.30. The van der Waals surface area contributed by atoms with Crippen molar-refractivity contribution in [2.75, 3.05) is 0 Å². The molecule has 2 atom stereocenters. The van der Waals surface area contributed by atoms with Crippen molar-refractivity contribution >= 4 is 48.6 Å². The largest absolute Gasteiger partial charge is 0.489 e. The van der Waals surface area contributed by atoms with E-state index in [1.165, 1.54) is 6.26 Å². The molecule has 2 N–H and O–H groups in total. The van der Waals surface area contributed by atoms with Crippen LogP contribution in [0.1, 0.15) is 6.42 Å². The average Bonchev–Trinajstić information content (AvgIpc) is 2.50. The van der Waals surface area contributed by atoms with Gasteiger partial charge in [-0.2, -0.15) is 0 Å². The van der Waals surface area contributed by atoms with Gasteiger partial charge in [0.15, 0.2) is 12.3 Å². The summed E-state index contributed by atoms with van der Waals surface area (Å²) in [4.78, 5) is 11.4. The molecule has 84 valence electrons. The lowest BCUT2D eigenvalue weighted by molar-refractivity contribution is -0.131. The Morgan fingerprint density at radius 2 is 2.33 bits per heavy atom. The topological polar surface area (TPSA) is 58.6 Å². The highest BCUT2D eigenvalue weighted by Gasteiger charge is 2.34. The lowest BCUT2D eigenvalue weighted by atomic mass is 9.93. The van der Waals surface area contributed by atoms with Crippen LogP contribution in [0.3, 0.4) is 0 Å². The molecule has 2 unspecified atom stereocenters. The zero-order valence-corrected chi connectivity index (χ0v) is 10.1. The number of carbonyl (C=O) groups is 1. The molecule has 0 saturated heterocycles. The first-order valence-electron chi connectivity index (χ1n) is 4.17. The Morgan fingerprint density at radius 3 is 2.73 bits per heavy atom. The highest BCUT2D eigenvalue weighted by atomic mass is 35.6. The normalized spacial score (nSPS) is 22.9. The Kier molecular flexibility index (Phi) is 4.17. The van der Waals surface area contributed by atoms with E-state index in [1.807, 2.05) is 7.85 Å². The Morgan fingerprint density at radius 1 is 1.73 bits per heavy atom. The summed E-state index contributed by atoms with van der Waals surface area (Å²) in [6, 6.07) is 0. The molecule has 8 heteroatoms. The number of halogens is 3. The number of hydrogen-bond donors (Lipinski definition) is 2. The molecule has 0 saturated carbocycles. The van der Waals surface area contributed by atoms with E-state index in [4.69, 9.17) is 39.5 Å². The molecule has 0 bridgehead atoms. The van der Waals surface area contributed by atoms with Crippen molar-refractivity contribution in [2.45, 2.75) is 22.5 Å². The van der Waals surface area contributed by atoms with Gasteiger partial charge in [-0.25, -0.2) is 0 Å². The molecule has 4 nitrogen and oxygen atoms in total. The number of carbonyl (C=O) groups excluding carboxylic acids is 1. The summed E-state index contributed by atoms with van der Waals surface area (Å²) in [6.45, 7) is 0. The number of alkyl halides is 3. The minimum atomic E-state index is -1.95. The van der Waals surface area contributed by atoms with Crippen molar-refractivity contribution in [1.82, 2.24) is 5.32 Å². The first-order chi connectivity index (χ1) is 6.80. The predicted molar refractivity (Wildman–Crippen MR) is 60.6 cm³/mol. The molecule has 0 aromatic heterocycles. The number of aliphatic hydroxyl groups is 1. The Labute approximate surface area is 103 Å². The molecule has 15 heavy (non-hydrogen) atoms. The fourth-order valence-corrected chi connectivity index (χ4v) is 1.21. The van der Waals surface area contributed by atoms with Crippen LogP contribution >= 0.6 is 34.8 Å². The zero-order valence-electron chi connectivity index (χ0n) is 7.84. The minimum absolute atomic E-state index is 0.471. The molecule has 1 aliphatic heterocycles. The highest BCUT2D eigenvalue weighted by molar-refractivity contribution is 6.68. The Hall–Kier alpha value is -0.0951. The van der Waals surface area contributed by atoms with Gasteiger partial charge in [0.1, 0.15) is 7.85 Å². The molecule has 1 aliphatic rings. The molecule has 0 radical (unpaired) electrons. The maximum absolute atomic E-state index is 11.4. The van der Waals surface area contributed by atoms with E-state index < -0.39 is 22.0 Å². The quantitative estimate of drug-likeness (QED) is 0.424. The van der Waals surface area contributed by atoms with Crippen LogP contribution in [0.15, 0.2) is 11.7 Å². The maximum atomic E-state index is 11.4. The van der Waals surface area contributed by atoms with Crippen LogP contribution in [0.2, 0.25) is 0 Å². The van der Waals surface area contributed by atoms with Gasteiger partial charge in [-0.05, 0) is 0 Å². The van der Waals surface area contributed by atoms with Crippen LogP contribution in [0, 0.1) is 0 Å². The van der Waals surface area contributed by atoms with E-state index in [-0.39, 0.29) is 0 Å². The van der Waals surface area contributed by atoms with Crippen molar-refractivity contribution in [1.29, 1.82) is 0 Å². The summed E-state index contributed by atoms with van der Waals surface area (Å²) in [5.74, 6) is -0.512. The second kappa shape index (κ2) is 4.83. The second-order valence-corrected chi connectivity index (χ2v) is 5.61. The number of aliphatic hydroxyl groups excluding tert-OH is 1. The second-order valence-electron chi connectivity index (χ2n) is 3.25. The van der Waals surface area contributed by atoms with Gasteiger partial charge in [0.2, 0.25) is 3.79 Å². The number of hydrogen-bond acceptors (Lipinski definition) is 3. The number of ether oxygens (including phenoxy) is 1. The monoisotopic (exact) mass is 271 g/mol. The lowest BCUT2D eigenvalue weighted by Crippen LogP contribution is -2.47. The lowest BCUT2D eigenvalue weighted by Gasteiger charge is -2.21. The highest BCUT2D eigenvalue weighted by Crippen LogP contribution is 2.29. The summed E-state index contributed by atoms with van der Waals surface area (Å²) in [5, 5.41) is 11.4. The SMILES string of the molecule is BC1=COC(C(=O)NC(O)C(Cl)(Cl)Cl)C1. The Balaban J connectivity index is 2.44. The summed E-state index contributed by atoms with van der Waals surface area (Å²) in [6.07, 6.45) is -0.254. The van der Waals surface area contributed by atoms with Gasteiger partial charge in [0, 0.05) is 6.42 Å².